The van der Waals surface area contributed by atoms with Gasteiger partial charge in [0.25, 0.3) is 0 Å². The Bertz CT molecular complexity index is 517. The normalized spacial score (nSPS) is 12.4. The molecule has 19 heavy (non-hydrogen) atoms. The Morgan fingerprint density at radius 2 is 1.89 bits per heavy atom. The van der Waals surface area contributed by atoms with Crippen LogP contribution in [-0.4, -0.2) is 11.5 Å². The summed E-state index contributed by atoms with van der Waals surface area (Å²) in [4.78, 5) is 4.41. The van der Waals surface area contributed by atoms with Gasteiger partial charge in [-0.15, -0.1) is 0 Å². The van der Waals surface area contributed by atoms with Crippen molar-refractivity contribution < 1.29 is 0 Å². The van der Waals surface area contributed by atoms with Crippen molar-refractivity contribution in [2.24, 2.45) is 0 Å². The number of aromatic nitrogens is 1. The predicted molar refractivity (Wildman–Crippen MR) is 80.3 cm³/mol. The van der Waals surface area contributed by atoms with E-state index in [9.17, 15) is 0 Å². The topological polar surface area (TPSA) is 24.9 Å². The molecule has 0 bridgehead atoms. The molecule has 1 unspecified atom stereocenters. The van der Waals surface area contributed by atoms with Crippen LogP contribution < -0.4 is 5.32 Å². The summed E-state index contributed by atoms with van der Waals surface area (Å²) in [6.45, 7) is 7.30. The van der Waals surface area contributed by atoms with Gasteiger partial charge in [0, 0.05) is 17.9 Å². The van der Waals surface area contributed by atoms with Crippen LogP contribution in [0, 0.1) is 13.8 Å². The highest BCUT2D eigenvalue weighted by Crippen LogP contribution is 2.20. The first-order valence-corrected chi connectivity index (χ1v) is 6.91. The highest BCUT2D eigenvalue weighted by atomic mass is 14.9. The van der Waals surface area contributed by atoms with Crippen LogP contribution in [0.15, 0.2) is 42.6 Å². The summed E-state index contributed by atoms with van der Waals surface area (Å²) < 4.78 is 0. The van der Waals surface area contributed by atoms with Crippen molar-refractivity contribution in [1.29, 1.82) is 0 Å². The fraction of sp³-hybridized carbons (Fsp3) is 0.353. The third kappa shape index (κ3) is 3.65. The average Bonchev–Trinajstić information content (AvgIpc) is 2.42. The minimum absolute atomic E-state index is 0.333. The van der Waals surface area contributed by atoms with Crippen molar-refractivity contribution in [3.63, 3.8) is 0 Å². The zero-order valence-corrected chi connectivity index (χ0v) is 12.0. The molecule has 1 aromatic carbocycles. The third-order valence-corrected chi connectivity index (χ3v) is 3.47. The van der Waals surface area contributed by atoms with E-state index in [1.807, 2.05) is 13.1 Å². The van der Waals surface area contributed by atoms with Crippen LogP contribution in [0.3, 0.4) is 0 Å². The number of aryl methyl sites for hydroxylation is 2. The van der Waals surface area contributed by atoms with E-state index in [1.54, 1.807) is 0 Å². The van der Waals surface area contributed by atoms with Gasteiger partial charge in [0.05, 0.1) is 0 Å². The number of hydrogen-bond acceptors (Lipinski definition) is 2. The maximum Gasteiger partial charge on any atom is 0.0376 e. The van der Waals surface area contributed by atoms with E-state index >= 15 is 0 Å². The molecule has 0 saturated carbocycles. The summed E-state index contributed by atoms with van der Waals surface area (Å²) >= 11 is 0. The molecule has 0 aliphatic carbocycles. The van der Waals surface area contributed by atoms with Gasteiger partial charge >= 0.3 is 0 Å². The lowest BCUT2D eigenvalue weighted by molar-refractivity contribution is 0.547. The Kier molecular flexibility index (Phi) is 4.69. The molecule has 2 nitrogen and oxygen atoms in total. The predicted octanol–water partition coefficient (Wildman–Crippen LogP) is 3.59. The molecule has 2 aromatic rings. The molecule has 0 aliphatic rings. The van der Waals surface area contributed by atoms with Gasteiger partial charge in [0.2, 0.25) is 0 Å². The van der Waals surface area contributed by atoms with Crippen molar-refractivity contribution in [1.82, 2.24) is 10.3 Å². The van der Waals surface area contributed by atoms with Gasteiger partial charge in [-0.05, 0) is 49.6 Å². The number of nitrogens with zero attached hydrogens (tertiary/aromatic N) is 1. The lowest BCUT2D eigenvalue weighted by Gasteiger charge is -2.19. The monoisotopic (exact) mass is 254 g/mol. The van der Waals surface area contributed by atoms with E-state index < -0.39 is 0 Å². The van der Waals surface area contributed by atoms with Crippen molar-refractivity contribution in [3.05, 3.63) is 65.0 Å². The van der Waals surface area contributed by atoms with E-state index in [4.69, 9.17) is 0 Å². The SMILES string of the molecule is CCNC(Cc1ccccc1C)c1ccc(C)nc1. The molecule has 0 amide bonds. The van der Waals surface area contributed by atoms with Crippen LogP contribution in [0.5, 0.6) is 0 Å². The van der Waals surface area contributed by atoms with Crippen molar-refractivity contribution >= 4 is 0 Å². The molecule has 2 heteroatoms. The molecular formula is C17H22N2. The molecule has 2 rings (SSSR count). The summed E-state index contributed by atoms with van der Waals surface area (Å²) in [7, 11) is 0. The van der Waals surface area contributed by atoms with E-state index in [1.165, 1.54) is 16.7 Å². The Balaban J connectivity index is 2.21. The summed E-state index contributed by atoms with van der Waals surface area (Å²) in [5.41, 5.74) is 5.07. The number of nitrogens with one attached hydrogen (secondary N) is 1. The molecule has 100 valence electrons. The number of rotatable bonds is 5. The number of hydrogen-bond donors (Lipinski definition) is 1. The smallest absolute Gasteiger partial charge is 0.0376 e. The molecular weight excluding hydrogens is 232 g/mol. The molecule has 1 aromatic heterocycles. The first kappa shape index (κ1) is 13.8. The molecule has 0 fully saturated rings. The number of likely N-dealkylation sites (N-methyl/N-ethyl adjacent to an activating group) is 1. The fourth-order valence-electron chi connectivity index (χ4n) is 2.30. The second kappa shape index (κ2) is 6.48. The minimum atomic E-state index is 0.333. The van der Waals surface area contributed by atoms with E-state index in [0.717, 1.165) is 18.7 Å². The molecule has 0 aliphatic heterocycles. The van der Waals surface area contributed by atoms with Crippen molar-refractivity contribution in [2.45, 2.75) is 33.2 Å². The molecule has 0 saturated heterocycles. The van der Waals surface area contributed by atoms with Gasteiger partial charge in [-0.1, -0.05) is 37.3 Å². The summed E-state index contributed by atoms with van der Waals surface area (Å²) in [6, 6.07) is 13.2. The Morgan fingerprint density at radius 1 is 1.11 bits per heavy atom. The molecule has 1 atom stereocenters. The first-order chi connectivity index (χ1) is 9.20. The second-order valence-corrected chi connectivity index (χ2v) is 4.97. The van der Waals surface area contributed by atoms with Crippen LogP contribution in [-0.2, 0) is 6.42 Å². The van der Waals surface area contributed by atoms with Crippen LogP contribution in [0.2, 0.25) is 0 Å². The largest absolute Gasteiger partial charge is 0.310 e. The van der Waals surface area contributed by atoms with Gasteiger partial charge in [-0.2, -0.15) is 0 Å². The average molecular weight is 254 g/mol. The van der Waals surface area contributed by atoms with Crippen molar-refractivity contribution in [3.8, 4) is 0 Å². The summed E-state index contributed by atoms with van der Waals surface area (Å²) in [5, 5.41) is 3.55. The van der Waals surface area contributed by atoms with E-state index in [2.05, 4.69) is 60.5 Å². The van der Waals surface area contributed by atoms with E-state index in [0.29, 0.717) is 6.04 Å². The molecule has 1 N–H and O–H groups in total. The molecule has 0 spiro atoms. The Morgan fingerprint density at radius 3 is 2.53 bits per heavy atom. The van der Waals surface area contributed by atoms with Crippen LogP contribution >= 0.6 is 0 Å². The van der Waals surface area contributed by atoms with Gasteiger partial charge in [-0.25, -0.2) is 0 Å². The van der Waals surface area contributed by atoms with Gasteiger partial charge in [0.15, 0.2) is 0 Å². The maximum atomic E-state index is 4.41. The highest BCUT2D eigenvalue weighted by molar-refractivity contribution is 5.28. The second-order valence-electron chi connectivity index (χ2n) is 4.97. The van der Waals surface area contributed by atoms with Gasteiger partial charge < -0.3 is 5.32 Å². The molecule has 1 heterocycles. The first-order valence-electron chi connectivity index (χ1n) is 6.91. The van der Waals surface area contributed by atoms with Crippen LogP contribution in [0.4, 0.5) is 0 Å². The lowest BCUT2D eigenvalue weighted by Crippen LogP contribution is -2.23. The van der Waals surface area contributed by atoms with Gasteiger partial charge in [-0.3, -0.25) is 4.98 Å². The van der Waals surface area contributed by atoms with Crippen LogP contribution in [0.25, 0.3) is 0 Å². The fourth-order valence-corrected chi connectivity index (χ4v) is 2.30. The number of pyridine rings is 1. The zero-order chi connectivity index (χ0) is 13.7. The Labute approximate surface area is 115 Å². The summed E-state index contributed by atoms with van der Waals surface area (Å²) in [5.74, 6) is 0. The summed E-state index contributed by atoms with van der Waals surface area (Å²) in [6.07, 6.45) is 2.99. The minimum Gasteiger partial charge on any atom is -0.310 e. The lowest BCUT2D eigenvalue weighted by atomic mass is 9.97. The third-order valence-electron chi connectivity index (χ3n) is 3.47. The molecule has 0 radical (unpaired) electrons. The maximum absolute atomic E-state index is 4.41. The Hall–Kier alpha value is -1.67. The quantitative estimate of drug-likeness (QED) is 0.882. The standard InChI is InChI=1S/C17H22N2/c1-4-18-17(16-10-9-14(3)19-12-16)11-15-8-6-5-7-13(15)2/h5-10,12,17-18H,4,11H2,1-3H3. The van der Waals surface area contributed by atoms with Crippen molar-refractivity contribution in [2.75, 3.05) is 6.54 Å². The van der Waals surface area contributed by atoms with Gasteiger partial charge in [0.1, 0.15) is 0 Å². The number of benzene rings is 1. The zero-order valence-electron chi connectivity index (χ0n) is 12.0. The van der Waals surface area contributed by atoms with E-state index in [-0.39, 0.29) is 0 Å². The highest BCUT2D eigenvalue weighted by Gasteiger charge is 2.12. The van der Waals surface area contributed by atoms with Crippen LogP contribution in [0.1, 0.15) is 35.3 Å².